The smallest absolute Gasteiger partial charge is 0.251 e. The quantitative estimate of drug-likeness (QED) is 0.751. The molecule has 0 aliphatic carbocycles. The Labute approximate surface area is 134 Å². The fraction of sp³-hybridized carbons (Fsp3) is 0.211. The van der Waals surface area contributed by atoms with Crippen molar-refractivity contribution in [1.82, 2.24) is 10.3 Å². The summed E-state index contributed by atoms with van der Waals surface area (Å²) >= 11 is 0. The highest BCUT2D eigenvalue weighted by Gasteiger charge is 2.25. The zero-order valence-corrected chi connectivity index (χ0v) is 13.2. The fourth-order valence-electron chi connectivity index (χ4n) is 2.74. The van der Waals surface area contributed by atoms with Crippen LogP contribution in [0.4, 0.5) is 4.39 Å². The van der Waals surface area contributed by atoms with Gasteiger partial charge in [0.25, 0.3) is 5.91 Å². The van der Waals surface area contributed by atoms with Crippen LogP contribution in [0.15, 0.2) is 54.7 Å². The molecule has 0 bridgehead atoms. The van der Waals surface area contributed by atoms with Gasteiger partial charge in [-0.15, -0.1) is 0 Å². The van der Waals surface area contributed by atoms with Crippen LogP contribution in [0.2, 0.25) is 0 Å². The van der Waals surface area contributed by atoms with Crippen LogP contribution in [-0.2, 0) is 5.41 Å². The van der Waals surface area contributed by atoms with Gasteiger partial charge in [0.15, 0.2) is 0 Å². The van der Waals surface area contributed by atoms with Crippen LogP contribution in [0.1, 0.15) is 29.8 Å². The summed E-state index contributed by atoms with van der Waals surface area (Å²) in [4.78, 5) is 15.4. The minimum absolute atomic E-state index is 0.107. The number of H-pyrrole nitrogens is 1. The fourth-order valence-corrected chi connectivity index (χ4v) is 2.74. The van der Waals surface area contributed by atoms with Crippen molar-refractivity contribution in [3.05, 3.63) is 71.7 Å². The number of rotatable bonds is 4. The molecule has 3 aromatic rings. The van der Waals surface area contributed by atoms with Crippen molar-refractivity contribution in [3.63, 3.8) is 0 Å². The van der Waals surface area contributed by atoms with Gasteiger partial charge in [0, 0.05) is 34.6 Å². The van der Waals surface area contributed by atoms with E-state index in [-0.39, 0.29) is 17.1 Å². The minimum atomic E-state index is -0.323. The average molecular weight is 310 g/mol. The summed E-state index contributed by atoms with van der Waals surface area (Å²) in [5, 5.41) is 3.81. The maximum atomic E-state index is 13.5. The topological polar surface area (TPSA) is 44.9 Å². The first-order valence-corrected chi connectivity index (χ1v) is 7.58. The Morgan fingerprint density at radius 1 is 1.17 bits per heavy atom. The number of aromatic nitrogens is 1. The lowest BCUT2D eigenvalue weighted by Gasteiger charge is -2.25. The van der Waals surface area contributed by atoms with Gasteiger partial charge in [0.05, 0.1) is 0 Å². The molecule has 0 spiro atoms. The monoisotopic (exact) mass is 310 g/mol. The molecule has 1 heterocycles. The summed E-state index contributed by atoms with van der Waals surface area (Å²) in [7, 11) is 0. The molecule has 0 atom stereocenters. The molecular formula is C19H19FN2O. The van der Waals surface area contributed by atoms with Crippen LogP contribution in [0.5, 0.6) is 0 Å². The lowest BCUT2D eigenvalue weighted by molar-refractivity contribution is 0.0945. The van der Waals surface area contributed by atoms with E-state index in [9.17, 15) is 9.18 Å². The SMILES string of the molecule is CC(C)(CNC(=O)c1ccccc1)c1c[nH]c2ccc(F)cc12. The second kappa shape index (κ2) is 5.88. The molecule has 2 N–H and O–H groups in total. The molecule has 118 valence electrons. The van der Waals surface area contributed by atoms with Crippen molar-refractivity contribution < 1.29 is 9.18 Å². The molecule has 0 saturated carbocycles. The van der Waals surface area contributed by atoms with Gasteiger partial charge in [0.2, 0.25) is 0 Å². The highest BCUT2D eigenvalue weighted by Crippen LogP contribution is 2.30. The number of hydrogen-bond donors (Lipinski definition) is 2. The molecule has 0 unspecified atom stereocenters. The molecule has 1 amide bonds. The van der Waals surface area contributed by atoms with E-state index in [2.05, 4.69) is 10.3 Å². The van der Waals surface area contributed by atoms with Crippen LogP contribution in [-0.4, -0.2) is 17.4 Å². The van der Waals surface area contributed by atoms with Gasteiger partial charge in [0.1, 0.15) is 5.82 Å². The average Bonchev–Trinajstić information content (AvgIpc) is 2.97. The second-order valence-electron chi connectivity index (χ2n) is 6.32. The molecule has 0 radical (unpaired) electrons. The Kier molecular flexibility index (Phi) is 3.90. The number of carbonyl (C=O) groups is 1. The normalized spacial score (nSPS) is 11.6. The van der Waals surface area contributed by atoms with E-state index >= 15 is 0 Å². The maximum absolute atomic E-state index is 13.5. The lowest BCUT2D eigenvalue weighted by Crippen LogP contribution is -2.36. The molecule has 0 saturated heterocycles. The van der Waals surface area contributed by atoms with Crippen molar-refractivity contribution in [2.24, 2.45) is 0 Å². The van der Waals surface area contributed by atoms with E-state index < -0.39 is 0 Å². The Hall–Kier alpha value is -2.62. The van der Waals surface area contributed by atoms with Gasteiger partial charge in [-0.05, 0) is 35.9 Å². The van der Waals surface area contributed by atoms with Crippen LogP contribution in [0, 0.1) is 5.82 Å². The number of nitrogens with one attached hydrogen (secondary N) is 2. The summed E-state index contributed by atoms with van der Waals surface area (Å²) in [5.74, 6) is -0.368. The molecule has 2 aromatic carbocycles. The zero-order chi connectivity index (χ0) is 16.4. The predicted octanol–water partition coefficient (Wildman–Crippen LogP) is 4.01. The summed E-state index contributed by atoms with van der Waals surface area (Å²) in [5.41, 5.74) is 2.19. The molecule has 3 rings (SSSR count). The molecule has 1 aromatic heterocycles. The van der Waals surface area contributed by atoms with Crippen LogP contribution < -0.4 is 5.32 Å². The van der Waals surface area contributed by atoms with Gasteiger partial charge < -0.3 is 10.3 Å². The van der Waals surface area contributed by atoms with E-state index in [1.165, 1.54) is 12.1 Å². The third-order valence-electron chi connectivity index (χ3n) is 4.10. The molecule has 0 aliphatic rings. The number of fused-ring (bicyclic) bond motifs is 1. The van der Waals surface area contributed by atoms with Crippen molar-refractivity contribution in [3.8, 4) is 0 Å². The van der Waals surface area contributed by atoms with E-state index in [4.69, 9.17) is 0 Å². The number of aromatic amines is 1. The number of hydrogen-bond acceptors (Lipinski definition) is 1. The third-order valence-corrected chi connectivity index (χ3v) is 4.10. The zero-order valence-electron chi connectivity index (χ0n) is 13.2. The number of benzene rings is 2. The Balaban J connectivity index is 1.80. The predicted molar refractivity (Wildman–Crippen MR) is 90.1 cm³/mol. The molecule has 3 nitrogen and oxygen atoms in total. The van der Waals surface area contributed by atoms with Gasteiger partial charge in [-0.2, -0.15) is 0 Å². The standard InChI is InChI=1S/C19H19FN2O/c1-19(2,12-22-18(23)13-6-4-3-5-7-13)16-11-21-17-9-8-14(20)10-15(16)17/h3-11,21H,12H2,1-2H3,(H,22,23). The maximum Gasteiger partial charge on any atom is 0.251 e. The molecule has 0 aliphatic heterocycles. The van der Waals surface area contributed by atoms with E-state index in [0.29, 0.717) is 12.1 Å². The van der Waals surface area contributed by atoms with Gasteiger partial charge >= 0.3 is 0 Å². The van der Waals surface area contributed by atoms with E-state index in [1.807, 2.05) is 38.2 Å². The number of amides is 1. The summed E-state index contributed by atoms with van der Waals surface area (Å²) in [6, 6.07) is 13.8. The Morgan fingerprint density at radius 2 is 1.91 bits per heavy atom. The first kappa shape index (κ1) is 15.3. The Bertz CT molecular complexity index is 837. The second-order valence-corrected chi connectivity index (χ2v) is 6.32. The third kappa shape index (κ3) is 3.11. The van der Waals surface area contributed by atoms with Crippen LogP contribution in [0.25, 0.3) is 10.9 Å². The van der Waals surface area contributed by atoms with Crippen LogP contribution in [0.3, 0.4) is 0 Å². The van der Waals surface area contributed by atoms with Gasteiger partial charge in [-0.1, -0.05) is 32.0 Å². The molecule has 4 heteroatoms. The number of carbonyl (C=O) groups excluding carboxylic acids is 1. The summed E-state index contributed by atoms with van der Waals surface area (Å²) in [6.07, 6.45) is 1.89. The van der Waals surface area contributed by atoms with E-state index in [0.717, 1.165) is 16.5 Å². The van der Waals surface area contributed by atoms with Crippen molar-refractivity contribution in [2.75, 3.05) is 6.54 Å². The van der Waals surface area contributed by atoms with Gasteiger partial charge in [-0.25, -0.2) is 4.39 Å². The highest BCUT2D eigenvalue weighted by atomic mass is 19.1. The van der Waals surface area contributed by atoms with Crippen molar-refractivity contribution in [1.29, 1.82) is 0 Å². The number of halogens is 1. The van der Waals surface area contributed by atoms with Crippen molar-refractivity contribution >= 4 is 16.8 Å². The molecular weight excluding hydrogens is 291 g/mol. The van der Waals surface area contributed by atoms with Crippen molar-refractivity contribution in [2.45, 2.75) is 19.3 Å². The van der Waals surface area contributed by atoms with Crippen LogP contribution >= 0.6 is 0 Å². The molecule has 23 heavy (non-hydrogen) atoms. The van der Waals surface area contributed by atoms with E-state index in [1.54, 1.807) is 18.2 Å². The Morgan fingerprint density at radius 3 is 2.65 bits per heavy atom. The molecule has 0 fully saturated rings. The summed E-state index contributed by atoms with van der Waals surface area (Å²) in [6.45, 7) is 4.53. The first-order valence-electron chi connectivity index (χ1n) is 7.58. The van der Waals surface area contributed by atoms with Gasteiger partial charge in [-0.3, -0.25) is 4.79 Å². The summed E-state index contributed by atoms with van der Waals surface area (Å²) < 4.78 is 13.5. The lowest BCUT2D eigenvalue weighted by atomic mass is 9.84. The first-order chi connectivity index (χ1) is 11.0. The highest BCUT2D eigenvalue weighted by molar-refractivity contribution is 5.94. The minimum Gasteiger partial charge on any atom is -0.361 e. The largest absolute Gasteiger partial charge is 0.361 e.